The lowest BCUT2D eigenvalue weighted by atomic mass is 10.2. The molecule has 0 aromatic heterocycles. The Morgan fingerprint density at radius 3 is 2.62 bits per heavy atom. The molecule has 0 unspecified atom stereocenters. The predicted molar refractivity (Wildman–Crippen MR) is 62.6 cm³/mol. The molecule has 4 nitrogen and oxygen atoms in total. The van der Waals surface area contributed by atoms with Crippen molar-refractivity contribution in [3.05, 3.63) is 29.8 Å². The summed E-state index contributed by atoms with van der Waals surface area (Å²) in [6, 6.07) is 6.85. The number of sulfonamides is 1. The predicted octanol–water partition coefficient (Wildman–Crippen LogP) is 1.52. The lowest BCUT2D eigenvalue weighted by Crippen LogP contribution is -2.25. The van der Waals surface area contributed by atoms with E-state index < -0.39 is 10.0 Å². The Kier molecular flexibility index (Phi) is 4.92. The van der Waals surface area contributed by atoms with Gasteiger partial charge in [-0.25, -0.2) is 13.1 Å². The number of ether oxygens (including phenoxy) is 1. The third-order valence-electron chi connectivity index (χ3n) is 2.10. The first kappa shape index (κ1) is 13.2. The molecule has 0 aliphatic rings. The molecule has 5 heteroatoms. The molecule has 0 spiro atoms. The van der Waals surface area contributed by atoms with E-state index >= 15 is 0 Å². The van der Waals surface area contributed by atoms with E-state index in [1.54, 1.807) is 31.4 Å². The summed E-state index contributed by atoms with van der Waals surface area (Å²) < 4.78 is 31.4. The van der Waals surface area contributed by atoms with Crippen molar-refractivity contribution in [2.45, 2.75) is 24.8 Å². The van der Waals surface area contributed by atoms with Crippen LogP contribution in [-0.4, -0.2) is 22.1 Å². The van der Waals surface area contributed by atoms with Gasteiger partial charge in [-0.05, 0) is 18.1 Å². The van der Waals surface area contributed by atoms with Gasteiger partial charge in [0, 0.05) is 13.7 Å². The molecule has 1 aromatic rings. The van der Waals surface area contributed by atoms with Crippen molar-refractivity contribution in [3.8, 4) is 0 Å². The maximum absolute atomic E-state index is 11.9. The summed E-state index contributed by atoms with van der Waals surface area (Å²) in [4.78, 5) is 0.297. The smallest absolute Gasteiger partial charge is 0.240 e. The van der Waals surface area contributed by atoms with Crippen LogP contribution < -0.4 is 4.72 Å². The van der Waals surface area contributed by atoms with Crippen LogP contribution in [0, 0.1) is 0 Å². The molecule has 16 heavy (non-hydrogen) atoms. The highest BCUT2D eigenvalue weighted by atomic mass is 32.2. The molecular weight excluding hydrogens is 226 g/mol. The Bertz CT molecular complexity index is 429. The summed E-state index contributed by atoms with van der Waals surface area (Å²) >= 11 is 0. The Hall–Kier alpha value is -0.910. The fourth-order valence-electron chi connectivity index (χ4n) is 1.35. The average molecular weight is 243 g/mol. The van der Waals surface area contributed by atoms with Crippen LogP contribution in [0.4, 0.5) is 0 Å². The lowest BCUT2D eigenvalue weighted by molar-refractivity contribution is 0.182. The van der Waals surface area contributed by atoms with Crippen LogP contribution >= 0.6 is 0 Å². The molecule has 0 saturated carbocycles. The Labute approximate surface area is 96.7 Å². The Balaban J connectivity index is 3.02. The summed E-state index contributed by atoms with van der Waals surface area (Å²) in [6.07, 6.45) is 0.770. The largest absolute Gasteiger partial charge is 0.380 e. The van der Waals surface area contributed by atoms with Crippen LogP contribution in [0.3, 0.4) is 0 Å². The van der Waals surface area contributed by atoms with Gasteiger partial charge in [-0.2, -0.15) is 0 Å². The summed E-state index contributed by atoms with van der Waals surface area (Å²) in [5.41, 5.74) is 0.675. The number of hydrogen-bond donors (Lipinski definition) is 1. The molecule has 0 radical (unpaired) electrons. The van der Waals surface area contributed by atoms with Crippen molar-refractivity contribution < 1.29 is 13.2 Å². The fourth-order valence-corrected chi connectivity index (χ4v) is 2.71. The molecule has 90 valence electrons. The third-order valence-corrected chi connectivity index (χ3v) is 3.67. The summed E-state index contributed by atoms with van der Waals surface area (Å²) in [7, 11) is -1.86. The quantitative estimate of drug-likeness (QED) is 0.824. The maximum atomic E-state index is 11.9. The molecule has 0 bridgehead atoms. The molecule has 0 amide bonds. The van der Waals surface area contributed by atoms with Gasteiger partial charge in [0.25, 0.3) is 0 Å². The average Bonchev–Trinajstić information content (AvgIpc) is 2.27. The van der Waals surface area contributed by atoms with Crippen molar-refractivity contribution in [2.24, 2.45) is 0 Å². The lowest BCUT2D eigenvalue weighted by Gasteiger charge is -2.10. The van der Waals surface area contributed by atoms with Crippen LogP contribution in [0.25, 0.3) is 0 Å². The van der Waals surface area contributed by atoms with E-state index in [4.69, 9.17) is 4.74 Å². The normalized spacial score (nSPS) is 11.6. The molecule has 1 rings (SSSR count). The van der Waals surface area contributed by atoms with Gasteiger partial charge in [-0.15, -0.1) is 0 Å². The van der Waals surface area contributed by atoms with E-state index in [-0.39, 0.29) is 0 Å². The second kappa shape index (κ2) is 5.98. The second-order valence-electron chi connectivity index (χ2n) is 3.44. The minimum Gasteiger partial charge on any atom is -0.380 e. The maximum Gasteiger partial charge on any atom is 0.240 e. The highest BCUT2D eigenvalue weighted by molar-refractivity contribution is 7.89. The minimum absolute atomic E-state index is 0.295. The molecule has 0 fully saturated rings. The number of methoxy groups -OCH3 is 1. The van der Waals surface area contributed by atoms with Crippen LogP contribution in [-0.2, 0) is 21.4 Å². The van der Waals surface area contributed by atoms with E-state index in [0.717, 1.165) is 6.42 Å². The first-order valence-electron chi connectivity index (χ1n) is 5.18. The summed E-state index contributed by atoms with van der Waals surface area (Å²) in [5, 5.41) is 0. The first-order valence-corrected chi connectivity index (χ1v) is 6.66. The van der Waals surface area contributed by atoms with Gasteiger partial charge < -0.3 is 4.74 Å². The van der Waals surface area contributed by atoms with E-state index in [1.807, 2.05) is 6.92 Å². The van der Waals surface area contributed by atoms with E-state index in [1.165, 1.54) is 0 Å². The molecule has 1 N–H and O–H groups in total. The van der Waals surface area contributed by atoms with Crippen molar-refractivity contribution in [3.63, 3.8) is 0 Å². The molecule has 0 aliphatic heterocycles. The highest BCUT2D eigenvalue weighted by Crippen LogP contribution is 2.15. The van der Waals surface area contributed by atoms with E-state index in [2.05, 4.69) is 4.72 Å². The Morgan fingerprint density at radius 1 is 1.31 bits per heavy atom. The zero-order valence-electron chi connectivity index (χ0n) is 9.56. The highest BCUT2D eigenvalue weighted by Gasteiger charge is 2.16. The number of nitrogens with one attached hydrogen (secondary N) is 1. The summed E-state index contributed by atoms with van der Waals surface area (Å²) in [6.45, 7) is 2.66. The van der Waals surface area contributed by atoms with E-state index in [0.29, 0.717) is 23.6 Å². The van der Waals surface area contributed by atoms with Crippen LogP contribution in [0.15, 0.2) is 29.2 Å². The van der Waals surface area contributed by atoms with E-state index in [9.17, 15) is 8.42 Å². The molecule has 1 aromatic carbocycles. The number of benzene rings is 1. The topological polar surface area (TPSA) is 55.4 Å². The van der Waals surface area contributed by atoms with Crippen molar-refractivity contribution >= 4 is 10.0 Å². The van der Waals surface area contributed by atoms with Gasteiger partial charge in [0.05, 0.1) is 11.5 Å². The first-order chi connectivity index (χ1) is 7.61. The monoisotopic (exact) mass is 243 g/mol. The Morgan fingerprint density at radius 2 is 2.00 bits per heavy atom. The minimum atomic E-state index is -3.41. The number of hydrogen-bond acceptors (Lipinski definition) is 3. The van der Waals surface area contributed by atoms with Gasteiger partial charge in [0.1, 0.15) is 0 Å². The molecule has 0 atom stereocenters. The molecule has 0 heterocycles. The second-order valence-corrected chi connectivity index (χ2v) is 5.17. The summed E-state index contributed by atoms with van der Waals surface area (Å²) in [5.74, 6) is 0. The van der Waals surface area contributed by atoms with Crippen LogP contribution in [0.5, 0.6) is 0 Å². The van der Waals surface area contributed by atoms with Crippen LogP contribution in [0.2, 0.25) is 0 Å². The molecule has 0 aliphatic carbocycles. The molecular formula is C11H17NO3S. The van der Waals surface area contributed by atoms with Crippen LogP contribution in [0.1, 0.15) is 18.9 Å². The SMILES string of the molecule is CCCNS(=O)(=O)c1ccccc1COC. The van der Waals surface area contributed by atoms with Crippen molar-refractivity contribution in [1.82, 2.24) is 4.72 Å². The zero-order chi connectivity index (χ0) is 12.0. The van der Waals surface area contributed by atoms with Crippen molar-refractivity contribution in [1.29, 1.82) is 0 Å². The number of rotatable bonds is 6. The standard InChI is InChI=1S/C11H17NO3S/c1-3-8-12-16(13,14)11-7-5-4-6-10(11)9-15-2/h4-7,12H,3,8-9H2,1-2H3. The van der Waals surface area contributed by atoms with Gasteiger partial charge in [0.15, 0.2) is 0 Å². The third kappa shape index (κ3) is 3.30. The van der Waals surface area contributed by atoms with Gasteiger partial charge >= 0.3 is 0 Å². The van der Waals surface area contributed by atoms with Gasteiger partial charge in [-0.3, -0.25) is 0 Å². The zero-order valence-corrected chi connectivity index (χ0v) is 10.4. The fraction of sp³-hybridized carbons (Fsp3) is 0.455. The van der Waals surface area contributed by atoms with Crippen molar-refractivity contribution in [2.75, 3.05) is 13.7 Å². The van der Waals surface area contributed by atoms with Gasteiger partial charge in [-0.1, -0.05) is 25.1 Å². The molecule has 0 saturated heterocycles. The van der Waals surface area contributed by atoms with Gasteiger partial charge in [0.2, 0.25) is 10.0 Å².